The molecule has 0 bridgehead atoms. The first-order valence-corrected chi connectivity index (χ1v) is 3.60. The minimum Gasteiger partial charge on any atom is -0.478 e. The molecule has 1 aromatic carbocycles. The van der Waals surface area contributed by atoms with Crippen molar-refractivity contribution < 1.29 is 19.1 Å². The number of hydrogen-bond acceptors (Lipinski definition) is 2. The number of hydrogen-bond donors (Lipinski definition) is 3. The molecule has 0 atom stereocenters. The van der Waals surface area contributed by atoms with Crippen LogP contribution in [0.15, 0.2) is 18.2 Å². The Balaban J connectivity index is 3.06. The van der Waals surface area contributed by atoms with E-state index in [9.17, 15) is 14.0 Å². The molecule has 1 aromatic rings. The summed E-state index contributed by atoms with van der Waals surface area (Å²) in [4.78, 5) is 20.9. The first-order valence-electron chi connectivity index (χ1n) is 3.60. The summed E-state index contributed by atoms with van der Waals surface area (Å²) >= 11 is 0. The van der Waals surface area contributed by atoms with Crippen LogP contribution >= 0.6 is 0 Å². The van der Waals surface area contributed by atoms with Crippen molar-refractivity contribution in [2.75, 3.05) is 5.32 Å². The van der Waals surface area contributed by atoms with Gasteiger partial charge in [0, 0.05) is 5.69 Å². The second kappa shape index (κ2) is 3.73. The standard InChI is InChI=1S/C8H7FN2O3/c9-6-2-1-4(11-8(10)14)3-5(6)7(12)13/h1-3H,(H,12,13)(H3,10,11,14). The van der Waals surface area contributed by atoms with Crippen LogP contribution in [0.3, 0.4) is 0 Å². The van der Waals surface area contributed by atoms with E-state index in [0.29, 0.717) is 0 Å². The topological polar surface area (TPSA) is 92.4 Å². The van der Waals surface area contributed by atoms with Crippen LogP contribution in [-0.4, -0.2) is 17.1 Å². The molecule has 0 spiro atoms. The van der Waals surface area contributed by atoms with Crippen molar-refractivity contribution in [2.24, 2.45) is 5.73 Å². The summed E-state index contributed by atoms with van der Waals surface area (Å²) in [6, 6.07) is 2.30. The quantitative estimate of drug-likeness (QED) is 0.662. The summed E-state index contributed by atoms with van der Waals surface area (Å²) in [6.07, 6.45) is 0. The van der Waals surface area contributed by atoms with Crippen molar-refractivity contribution in [2.45, 2.75) is 0 Å². The molecule has 0 aromatic heterocycles. The Morgan fingerprint density at radius 3 is 2.57 bits per heavy atom. The van der Waals surface area contributed by atoms with Crippen LogP contribution in [0, 0.1) is 5.82 Å². The number of rotatable bonds is 2. The predicted octanol–water partition coefficient (Wildman–Crippen LogP) is 1.01. The second-order valence-corrected chi connectivity index (χ2v) is 2.49. The van der Waals surface area contributed by atoms with Gasteiger partial charge in [-0.2, -0.15) is 0 Å². The van der Waals surface area contributed by atoms with E-state index >= 15 is 0 Å². The van der Waals surface area contributed by atoms with Gasteiger partial charge in [0.05, 0.1) is 5.56 Å². The Hall–Kier alpha value is -2.11. The molecule has 0 radical (unpaired) electrons. The van der Waals surface area contributed by atoms with Crippen LogP contribution in [0.25, 0.3) is 0 Å². The van der Waals surface area contributed by atoms with Crippen LogP contribution in [0.4, 0.5) is 14.9 Å². The molecule has 0 unspecified atom stereocenters. The number of primary amides is 1. The largest absolute Gasteiger partial charge is 0.478 e. The number of anilines is 1. The molecule has 0 saturated heterocycles. The SMILES string of the molecule is NC(=O)Nc1ccc(F)c(C(=O)O)c1. The van der Waals surface area contributed by atoms with Crippen molar-refractivity contribution in [1.29, 1.82) is 0 Å². The highest BCUT2D eigenvalue weighted by Gasteiger charge is 2.10. The van der Waals surface area contributed by atoms with E-state index in [2.05, 4.69) is 5.32 Å². The third-order valence-corrected chi connectivity index (χ3v) is 1.46. The van der Waals surface area contributed by atoms with Gasteiger partial charge in [0.25, 0.3) is 0 Å². The molecule has 0 fully saturated rings. The fourth-order valence-corrected chi connectivity index (χ4v) is 0.909. The lowest BCUT2D eigenvalue weighted by atomic mass is 10.2. The Labute approximate surface area is 78.3 Å². The Kier molecular flexibility index (Phi) is 2.66. The Bertz CT molecular complexity index is 392. The minimum absolute atomic E-state index is 0.135. The van der Waals surface area contributed by atoms with Crippen LogP contribution in [-0.2, 0) is 0 Å². The average Bonchev–Trinajstić information content (AvgIpc) is 2.07. The highest BCUT2D eigenvalue weighted by Crippen LogP contribution is 2.14. The fraction of sp³-hybridized carbons (Fsp3) is 0. The van der Waals surface area contributed by atoms with Gasteiger partial charge < -0.3 is 16.2 Å². The number of aromatic carboxylic acids is 1. The third kappa shape index (κ3) is 2.19. The number of carboxylic acids is 1. The van der Waals surface area contributed by atoms with Crippen molar-refractivity contribution in [3.63, 3.8) is 0 Å². The average molecular weight is 198 g/mol. The van der Waals surface area contributed by atoms with Crippen molar-refractivity contribution in [3.05, 3.63) is 29.6 Å². The normalized spacial score (nSPS) is 9.50. The lowest BCUT2D eigenvalue weighted by molar-refractivity contribution is 0.0692. The maximum atomic E-state index is 12.8. The molecule has 74 valence electrons. The second-order valence-electron chi connectivity index (χ2n) is 2.49. The van der Waals surface area contributed by atoms with E-state index in [1.54, 1.807) is 0 Å². The lowest BCUT2D eigenvalue weighted by Crippen LogP contribution is -2.19. The van der Waals surface area contributed by atoms with Crippen molar-refractivity contribution in [1.82, 2.24) is 0 Å². The minimum atomic E-state index is -1.41. The zero-order valence-corrected chi connectivity index (χ0v) is 6.95. The van der Waals surface area contributed by atoms with Gasteiger partial charge in [-0.05, 0) is 18.2 Å². The number of nitrogens with two attached hydrogens (primary N) is 1. The number of carbonyl (C=O) groups excluding carboxylic acids is 1. The fourth-order valence-electron chi connectivity index (χ4n) is 0.909. The third-order valence-electron chi connectivity index (χ3n) is 1.46. The summed E-state index contributed by atoms with van der Waals surface area (Å²) < 4.78 is 12.8. The Morgan fingerprint density at radius 2 is 2.07 bits per heavy atom. The van der Waals surface area contributed by atoms with Gasteiger partial charge in [-0.15, -0.1) is 0 Å². The highest BCUT2D eigenvalue weighted by atomic mass is 19.1. The Morgan fingerprint density at radius 1 is 1.43 bits per heavy atom. The molecule has 14 heavy (non-hydrogen) atoms. The molecule has 0 aliphatic heterocycles. The van der Waals surface area contributed by atoms with E-state index in [-0.39, 0.29) is 5.69 Å². The van der Waals surface area contributed by atoms with Gasteiger partial charge in [0.2, 0.25) is 0 Å². The van der Waals surface area contributed by atoms with Crippen molar-refractivity contribution in [3.8, 4) is 0 Å². The van der Waals surface area contributed by atoms with E-state index in [4.69, 9.17) is 10.8 Å². The maximum absolute atomic E-state index is 12.8. The molecule has 1 rings (SSSR count). The van der Waals surface area contributed by atoms with E-state index < -0.39 is 23.4 Å². The van der Waals surface area contributed by atoms with Gasteiger partial charge in [0.15, 0.2) is 0 Å². The van der Waals surface area contributed by atoms with E-state index in [1.165, 1.54) is 6.07 Å². The number of benzene rings is 1. The first kappa shape index (κ1) is 9.97. The van der Waals surface area contributed by atoms with Gasteiger partial charge in [-0.1, -0.05) is 0 Å². The monoisotopic (exact) mass is 198 g/mol. The number of carboxylic acid groups (broad SMARTS) is 1. The summed E-state index contributed by atoms with van der Waals surface area (Å²) in [5.41, 5.74) is 4.42. The van der Waals surface area contributed by atoms with E-state index in [1.807, 2.05) is 0 Å². The summed E-state index contributed by atoms with van der Waals surface area (Å²) in [5.74, 6) is -2.27. The number of nitrogens with one attached hydrogen (secondary N) is 1. The molecular weight excluding hydrogens is 191 g/mol. The van der Waals surface area contributed by atoms with Gasteiger partial charge in [-0.3, -0.25) is 0 Å². The molecule has 2 amide bonds. The van der Waals surface area contributed by atoms with Crippen LogP contribution in [0.5, 0.6) is 0 Å². The van der Waals surface area contributed by atoms with Crippen LogP contribution < -0.4 is 11.1 Å². The zero-order valence-electron chi connectivity index (χ0n) is 6.95. The molecule has 0 aliphatic rings. The first-order chi connectivity index (χ1) is 6.50. The number of halogens is 1. The van der Waals surface area contributed by atoms with Crippen molar-refractivity contribution >= 4 is 17.7 Å². The van der Waals surface area contributed by atoms with E-state index in [0.717, 1.165) is 12.1 Å². The summed E-state index contributed by atoms with van der Waals surface area (Å²) in [7, 11) is 0. The van der Waals surface area contributed by atoms with Gasteiger partial charge in [0.1, 0.15) is 5.82 Å². The number of carbonyl (C=O) groups is 2. The molecule has 0 aliphatic carbocycles. The van der Waals surface area contributed by atoms with Gasteiger partial charge in [-0.25, -0.2) is 14.0 Å². The maximum Gasteiger partial charge on any atom is 0.338 e. The molecule has 6 heteroatoms. The molecule has 0 heterocycles. The zero-order chi connectivity index (χ0) is 10.7. The number of urea groups is 1. The molecule has 0 saturated carbocycles. The highest BCUT2D eigenvalue weighted by molar-refractivity contribution is 5.92. The number of amides is 2. The molecular formula is C8H7FN2O3. The molecule has 5 nitrogen and oxygen atoms in total. The summed E-state index contributed by atoms with van der Waals surface area (Å²) in [5, 5.41) is 10.7. The van der Waals surface area contributed by atoms with Crippen LogP contribution in [0.2, 0.25) is 0 Å². The van der Waals surface area contributed by atoms with Crippen LogP contribution in [0.1, 0.15) is 10.4 Å². The lowest BCUT2D eigenvalue weighted by Gasteiger charge is -2.03. The smallest absolute Gasteiger partial charge is 0.338 e. The van der Waals surface area contributed by atoms with Gasteiger partial charge >= 0.3 is 12.0 Å². The summed E-state index contributed by atoms with van der Waals surface area (Å²) in [6.45, 7) is 0. The molecule has 4 N–H and O–H groups in total. The predicted molar refractivity (Wildman–Crippen MR) is 46.6 cm³/mol.